The first-order chi connectivity index (χ1) is 15.8. The quantitative estimate of drug-likeness (QED) is 0.428. The zero-order valence-corrected chi connectivity index (χ0v) is 19.7. The average molecular weight is 444 g/mol. The Hall–Kier alpha value is -3.74. The first-order valence-corrected chi connectivity index (χ1v) is 11.1. The summed E-state index contributed by atoms with van der Waals surface area (Å²) in [5, 5.41) is 11.3. The Morgan fingerprint density at radius 1 is 1.15 bits per heavy atom. The van der Waals surface area contributed by atoms with Gasteiger partial charge in [0.25, 0.3) is 0 Å². The summed E-state index contributed by atoms with van der Waals surface area (Å²) in [6.45, 7) is 10.5. The summed E-state index contributed by atoms with van der Waals surface area (Å²) < 4.78 is 6.30. The molecule has 0 unspecified atom stereocenters. The molecule has 3 aromatic heterocycles. The predicted molar refractivity (Wildman–Crippen MR) is 129 cm³/mol. The maximum Gasteiger partial charge on any atom is 0.222 e. The van der Waals surface area contributed by atoms with E-state index in [0.717, 1.165) is 50.2 Å². The lowest BCUT2D eigenvalue weighted by Gasteiger charge is -2.16. The molecule has 0 saturated heterocycles. The lowest BCUT2D eigenvalue weighted by molar-refractivity contribution is -0.124. The minimum absolute atomic E-state index is 0.0000855. The van der Waals surface area contributed by atoms with Crippen molar-refractivity contribution in [1.82, 2.24) is 25.5 Å². The van der Waals surface area contributed by atoms with Crippen LogP contribution in [0, 0.1) is 26.7 Å². The third-order valence-electron chi connectivity index (χ3n) is 5.72. The Labute approximate surface area is 193 Å². The van der Waals surface area contributed by atoms with Gasteiger partial charge in [-0.2, -0.15) is 5.10 Å². The number of rotatable bonds is 7. The van der Waals surface area contributed by atoms with Crippen molar-refractivity contribution in [2.24, 2.45) is 5.92 Å². The third kappa shape index (κ3) is 4.72. The molecule has 1 aromatic carbocycles. The van der Waals surface area contributed by atoms with Crippen LogP contribution in [0.5, 0.6) is 5.75 Å². The molecular formula is C26H29N5O2. The zero-order chi connectivity index (χ0) is 23.5. The summed E-state index contributed by atoms with van der Waals surface area (Å²) in [5.74, 6) is 0.623. The number of aromatic nitrogens is 4. The van der Waals surface area contributed by atoms with Crippen LogP contribution in [0.15, 0.2) is 42.7 Å². The van der Waals surface area contributed by atoms with E-state index in [2.05, 4.69) is 26.6 Å². The van der Waals surface area contributed by atoms with Gasteiger partial charge >= 0.3 is 0 Å². The number of hydrogen-bond acceptors (Lipinski definition) is 5. The van der Waals surface area contributed by atoms with E-state index in [1.807, 2.05) is 65.1 Å². The van der Waals surface area contributed by atoms with Crippen molar-refractivity contribution in [3.05, 3.63) is 70.8 Å². The van der Waals surface area contributed by atoms with E-state index in [0.29, 0.717) is 18.9 Å². The number of fused-ring (bicyclic) bond motifs is 1. The maximum atomic E-state index is 12.0. The van der Waals surface area contributed by atoms with Gasteiger partial charge in [-0.3, -0.25) is 14.9 Å². The summed E-state index contributed by atoms with van der Waals surface area (Å²) in [6, 6.07) is 9.95. The summed E-state index contributed by atoms with van der Waals surface area (Å²) >= 11 is 0. The van der Waals surface area contributed by atoms with Gasteiger partial charge in [-0.1, -0.05) is 26.0 Å². The number of nitrogens with zero attached hydrogens (tertiary/aromatic N) is 3. The number of nitrogens with one attached hydrogen (secondary N) is 2. The number of carbonyl (C=O) groups excluding carboxylic acids is 1. The number of para-hydroxylation sites is 1. The number of H-pyrrole nitrogens is 1. The Kier molecular flexibility index (Phi) is 6.40. The number of amides is 1. The highest BCUT2D eigenvalue weighted by Gasteiger charge is 2.16. The van der Waals surface area contributed by atoms with E-state index in [-0.39, 0.29) is 11.8 Å². The second-order valence-electron chi connectivity index (χ2n) is 8.59. The fourth-order valence-electron chi connectivity index (χ4n) is 3.80. The molecule has 0 aliphatic carbocycles. The fourth-order valence-corrected chi connectivity index (χ4v) is 3.80. The molecule has 0 aliphatic rings. The number of ether oxygens (including phenoxy) is 1. The molecule has 4 rings (SSSR count). The molecule has 0 radical (unpaired) electrons. The largest absolute Gasteiger partial charge is 0.487 e. The van der Waals surface area contributed by atoms with E-state index in [1.165, 1.54) is 0 Å². The minimum atomic E-state index is -0.0770. The van der Waals surface area contributed by atoms with Crippen LogP contribution >= 0.6 is 0 Å². The topological polar surface area (TPSA) is 92.8 Å². The van der Waals surface area contributed by atoms with Crippen LogP contribution in [0.3, 0.4) is 0 Å². The normalized spacial score (nSPS) is 11.2. The van der Waals surface area contributed by atoms with E-state index in [4.69, 9.17) is 9.72 Å². The van der Waals surface area contributed by atoms with Gasteiger partial charge in [0.1, 0.15) is 17.9 Å². The highest BCUT2D eigenvalue weighted by Crippen LogP contribution is 2.34. The fraction of sp³-hybridized carbons (Fsp3) is 0.308. The molecule has 0 spiro atoms. The average Bonchev–Trinajstić information content (AvgIpc) is 3.21. The summed E-state index contributed by atoms with van der Waals surface area (Å²) in [7, 11) is 0. The molecule has 0 aliphatic heterocycles. The number of hydrogen-bond donors (Lipinski definition) is 2. The molecule has 170 valence electrons. The Balaban J connectivity index is 1.66. The Morgan fingerprint density at radius 3 is 2.70 bits per heavy atom. The van der Waals surface area contributed by atoms with Gasteiger partial charge in [0, 0.05) is 40.5 Å². The van der Waals surface area contributed by atoms with Crippen molar-refractivity contribution >= 4 is 16.8 Å². The smallest absolute Gasteiger partial charge is 0.222 e. The molecule has 0 bridgehead atoms. The van der Waals surface area contributed by atoms with Gasteiger partial charge in [0.15, 0.2) is 0 Å². The van der Waals surface area contributed by atoms with Crippen LogP contribution in [0.4, 0.5) is 0 Å². The molecule has 0 saturated carbocycles. The van der Waals surface area contributed by atoms with Crippen LogP contribution in [-0.4, -0.2) is 26.1 Å². The summed E-state index contributed by atoms with van der Waals surface area (Å²) in [4.78, 5) is 21.3. The van der Waals surface area contributed by atoms with Crippen molar-refractivity contribution in [3.8, 4) is 17.0 Å². The Morgan fingerprint density at radius 2 is 1.97 bits per heavy atom. The Bertz CT molecular complexity index is 1310. The van der Waals surface area contributed by atoms with Crippen molar-refractivity contribution in [2.75, 3.05) is 0 Å². The van der Waals surface area contributed by atoms with Crippen LogP contribution in [-0.2, 0) is 17.9 Å². The molecule has 0 atom stereocenters. The number of aromatic amines is 1. The molecule has 4 aromatic rings. The van der Waals surface area contributed by atoms with Gasteiger partial charge in [-0.05, 0) is 50.1 Å². The van der Waals surface area contributed by atoms with Crippen LogP contribution in [0.1, 0.15) is 41.9 Å². The number of aryl methyl sites for hydroxylation is 3. The van der Waals surface area contributed by atoms with Crippen molar-refractivity contribution in [1.29, 1.82) is 0 Å². The highest BCUT2D eigenvalue weighted by molar-refractivity contribution is 5.97. The molecule has 0 fully saturated rings. The van der Waals surface area contributed by atoms with Gasteiger partial charge in [-0.25, -0.2) is 4.98 Å². The predicted octanol–water partition coefficient (Wildman–Crippen LogP) is 4.80. The maximum absolute atomic E-state index is 12.0. The van der Waals surface area contributed by atoms with E-state index in [1.54, 1.807) is 6.20 Å². The number of benzene rings is 1. The summed E-state index contributed by atoms with van der Waals surface area (Å²) in [5.41, 5.74) is 7.54. The second kappa shape index (κ2) is 9.40. The summed E-state index contributed by atoms with van der Waals surface area (Å²) in [6.07, 6.45) is 3.65. The van der Waals surface area contributed by atoms with Crippen LogP contribution < -0.4 is 10.1 Å². The minimum Gasteiger partial charge on any atom is -0.487 e. The lowest BCUT2D eigenvalue weighted by Crippen LogP contribution is -2.28. The van der Waals surface area contributed by atoms with Crippen molar-refractivity contribution < 1.29 is 9.53 Å². The van der Waals surface area contributed by atoms with Crippen molar-refractivity contribution in [2.45, 2.75) is 47.8 Å². The zero-order valence-electron chi connectivity index (χ0n) is 19.7. The van der Waals surface area contributed by atoms with Gasteiger partial charge in [0.2, 0.25) is 5.91 Å². The highest BCUT2D eigenvalue weighted by atomic mass is 16.5. The third-order valence-corrected chi connectivity index (χ3v) is 5.72. The van der Waals surface area contributed by atoms with Crippen LogP contribution in [0.2, 0.25) is 0 Å². The molecule has 7 heteroatoms. The lowest BCUT2D eigenvalue weighted by atomic mass is 10.0. The molecule has 1 amide bonds. The molecule has 3 heterocycles. The molecular weight excluding hydrogens is 414 g/mol. The van der Waals surface area contributed by atoms with Crippen LogP contribution in [0.25, 0.3) is 22.2 Å². The molecule has 2 N–H and O–H groups in total. The van der Waals surface area contributed by atoms with Gasteiger partial charge < -0.3 is 10.1 Å². The van der Waals surface area contributed by atoms with Crippen molar-refractivity contribution in [3.63, 3.8) is 0 Å². The number of pyridine rings is 2. The number of carbonyl (C=O) groups is 1. The SMILES string of the molecule is Cc1cc(-c2n[nH]cc2C)c2cccc(OCc3c(C)ccnc3CNC(=O)C(C)C)c2n1. The second-order valence-corrected chi connectivity index (χ2v) is 8.59. The van der Waals surface area contributed by atoms with E-state index >= 15 is 0 Å². The van der Waals surface area contributed by atoms with E-state index in [9.17, 15) is 4.79 Å². The first kappa shape index (κ1) is 22.5. The van der Waals surface area contributed by atoms with E-state index < -0.39 is 0 Å². The molecule has 7 nitrogen and oxygen atoms in total. The first-order valence-electron chi connectivity index (χ1n) is 11.1. The van der Waals surface area contributed by atoms with Gasteiger partial charge in [-0.15, -0.1) is 0 Å². The van der Waals surface area contributed by atoms with Gasteiger partial charge in [0.05, 0.1) is 17.9 Å². The monoisotopic (exact) mass is 443 g/mol. The molecule has 33 heavy (non-hydrogen) atoms. The standard InChI is InChI=1S/C26H29N5O2/c1-15(2)26(32)28-13-22-21(16(3)9-10-27-22)14-33-23-8-6-7-19-20(11-18(5)30-25(19)23)24-17(4)12-29-31-24/h6-12,15H,13-14H2,1-5H3,(H,28,32)(H,29,31).